The van der Waals surface area contributed by atoms with Crippen LogP contribution in [0.2, 0.25) is 5.02 Å². The number of methoxy groups -OCH3 is 1. The molecule has 3 heterocycles. The Balaban J connectivity index is 1.52. The van der Waals surface area contributed by atoms with Crippen LogP contribution in [-0.4, -0.2) is 49.4 Å². The number of pyridine rings is 1. The minimum Gasteiger partial charge on any atom is -0.505 e. The van der Waals surface area contributed by atoms with Crippen LogP contribution in [0, 0.1) is 0 Å². The van der Waals surface area contributed by atoms with E-state index in [0.29, 0.717) is 22.0 Å². The molecule has 0 spiro atoms. The molecule has 0 aliphatic carbocycles. The van der Waals surface area contributed by atoms with Crippen molar-refractivity contribution in [3.05, 3.63) is 71.0 Å². The number of rotatable bonds is 4. The predicted octanol–water partition coefficient (Wildman–Crippen LogP) is 4.63. The van der Waals surface area contributed by atoms with Crippen LogP contribution < -0.4 is 15.0 Å². The van der Waals surface area contributed by atoms with E-state index in [0.717, 1.165) is 43.1 Å². The Hall–Kier alpha value is -3.55. The van der Waals surface area contributed by atoms with E-state index in [2.05, 4.69) is 27.3 Å². The highest BCUT2D eigenvalue weighted by atomic mass is 35.5. The summed E-state index contributed by atoms with van der Waals surface area (Å²) in [7, 11) is 1.54. The van der Waals surface area contributed by atoms with Gasteiger partial charge in [-0.2, -0.15) is 0 Å². The molecule has 2 N–H and O–H groups in total. The lowest BCUT2D eigenvalue weighted by atomic mass is 9.97. The Labute approximate surface area is 196 Å². The molecular formula is C25H22ClN3O4. The first kappa shape index (κ1) is 21.3. The fraction of sp³-hybridized carbons (Fsp3) is 0.200. The number of hydrogen-bond donors (Lipinski definition) is 2. The van der Waals surface area contributed by atoms with Gasteiger partial charge in [-0.25, -0.2) is 4.98 Å². The Bertz CT molecular complexity index is 1230. The first-order valence-corrected chi connectivity index (χ1v) is 10.9. The summed E-state index contributed by atoms with van der Waals surface area (Å²) in [6.07, 6.45) is 1.49. The molecule has 8 heteroatoms. The molecule has 33 heavy (non-hydrogen) atoms. The molecule has 0 radical (unpaired) electrons. The van der Waals surface area contributed by atoms with E-state index in [-0.39, 0.29) is 17.0 Å². The van der Waals surface area contributed by atoms with E-state index in [1.165, 1.54) is 13.3 Å². The van der Waals surface area contributed by atoms with Crippen LogP contribution in [0.15, 0.2) is 54.7 Å². The largest absolute Gasteiger partial charge is 0.505 e. The van der Waals surface area contributed by atoms with E-state index in [1.54, 1.807) is 18.2 Å². The van der Waals surface area contributed by atoms with Gasteiger partial charge in [0.2, 0.25) is 0 Å². The molecule has 1 fully saturated rings. The second-order valence-corrected chi connectivity index (χ2v) is 8.19. The number of morpholine rings is 1. The zero-order chi connectivity index (χ0) is 22.9. The molecule has 0 saturated carbocycles. The predicted molar refractivity (Wildman–Crippen MR) is 129 cm³/mol. The van der Waals surface area contributed by atoms with Crippen molar-refractivity contribution >= 4 is 40.2 Å². The summed E-state index contributed by atoms with van der Waals surface area (Å²) >= 11 is 6.57. The van der Waals surface area contributed by atoms with E-state index in [1.807, 2.05) is 18.2 Å². The van der Waals surface area contributed by atoms with Gasteiger partial charge < -0.3 is 24.8 Å². The second kappa shape index (κ2) is 8.77. The molecule has 2 aromatic carbocycles. The highest BCUT2D eigenvalue weighted by molar-refractivity contribution is 6.38. The van der Waals surface area contributed by atoms with Crippen LogP contribution in [0.5, 0.6) is 5.75 Å². The average Bonchev–Trinajstić information content (AvgIpc) is 3.18. The van der Waals surface area contributed by atoms with Crippen LogP contribution >= 0.6 is 11.6 Å². The standard InChI is InChI=1S/C25H22ClN3O4/c1-32-17-6-7-21(27-14-17)24(30)23-19-12-18(20(26)13-22(19)28-25(23)31)15-2-4-16(5-3-15)29-8-10-33-11-9-29/h2-7,12-14,30H,8-11H2,1H3,(H,28,31). The lowest BCUT2D eigenvalue weighted by molar-refractivity contribution is -0.110. The molecule has 1 aromatic heterocycles. The van der Waals surface area contributed by atoms with Gasteiger partial charge in [0.25, 0.3) is 5.91 Å². The van der Waals surface area contributed by atoms with Gasteiger partial charge in [0, 0.05) is 29.9 Å². The number of benzene rings is 2. The second-order valence-electron chi connectivity index (χ2n) is 7.78. The van der Waals surface area contributed by atoms with Gasteiger partial charge in [-0.15, -0.1) is 0 Å². The Morgan fingerprint density at radius 3 is 2.55 bits per heavy atom. The maximum absolute atomic E-state index is 12.7. The molecule has 3 aromatic rings. The number of carbonyl (C=O) groups excluding carboxylic acids is 1. The van der Waals surface area contributed by atoms with E-state index >= 15 is 0 Å². The smallest absolute Gasteiger partial charge is 0.260 e. The number of ether oxygens (including phenoxy) is 2. The number of carbonyl (C=O) groups is 1. The summed E-state index contributed by atoms with van der Waals surface area (Å²) in [5, 5.41) is 14.2. The Kier molecular flexibility index (Phi) is 5.66. The minimum absolute atomic E-state index is 0.158. The van der Waals surface area contributed by atoms with Gasteiger partial charge in [0.1, 0.15) is 11.4 Å². The van der Waals surface area contributed by atoms with E-state index in [9.17, 15) is 9.90 Å². The SMILES string of the molecule is COc1ccc(C(O)=C2C(=O)Nc3cc(Cl)c(-c4ccc(N5CCOCC5)cc4)cc32)nc1. The van der Waals surface area contributed by atoms with Crippen molar-refractivity contribution in [1.29, 1.82) is 0 Å². The van der Waals surface area contributed by atoms with Gasteiger partial charge in [-0.3, -0.25) is 4.79 Å². The summed E-state index contributed by atoms with van der Waals surface area (Å²) in [5.74, 6) is -0.0525. The molecule has 2 aliphatic heterocycles. The summed E-state index contributed by atoms with van der Waals surface area (Å²) < 4.78 is 10.5. The van der Waals surface area contributed by atoms with Crippen LogP contribution in [0.1, 0.15) is 11.3 Å². The molecule has 0 atom stereocenters. The summed E-state index contributed by atoms with van der Waals surface area (Å²) in [6.45, 7) is 3.17. The Morgan fingerprint density at radius 1 is 1.12 bits per heavy atom. The molecule has 1 amide bonds. The number of aliphatic hydroxyl groups excluding tert-OH is 1. The fourth-order valence-corrected chi connectivity index (χ4v) is 4.36. The summed E-state index contributed by atoms with van der Waals surface area (Å²) in [5.41, 5.74) is 4.38. The number of hydrogen-bond acceptors (Lipinski definition) is 6. The van der Waals surface area contributed by atoms with Crippen LogP contribution in [0.3, 0.4) is 0 Å². The van der Waals surface area contributed by atoms with Crippen LogP contribution in [0.4, 0.5) is 11.4 Å². The minimum atomic E-state index is -0.406. The van der Waals surface area contributed by atoms with Crippen molar-refractivity contribution in [3.63, 3.8) is 0 Å². The van der Waals surface area contributed by atoms with Crippen molar-refractivity contribution in [1.82, 2.24) is 4.98 Å². The third-order valence-electron chi connectivity index (χ3n) is 5.86. The summed E-state index contributed by atoms with van der Waals surface area (Å²) in [4.78, 5) is 19.2. The lowest BCUT2D eigenvalue weighted by Gasteiger charge is -2.29. The van der Waals surface area contributed by atoms with Crippen LogP contribution in [0.25, 0.3) is 22.5 Å². The van der Waals surface area contributed by atoms with Gasteiger partial charge in [-0.1, -0.05) is 23.7 Å². The highest BCUT2D eigenvalue weighted by Gasteiger charge is 2.30. The quantitative estimate of drug-likeness (QED) is 0.433. The molecule has 1 saturated heterocycles. The highest BCUT2D eigenvalue weighted by Crippen LogP contribution is 2.42. The molecule has 5 rings (SSSR count). The van der Waals surface area contributed by atoms with Gasteiger partial charge in [0.15, 0.2) is 5.76 Å². The summed E-state index contributed by atoms with van der Waals surface area (Å²) in [6, 6.07) is 15.0. The Morgan fingerprint density at radius 2 is 1.88 bits per heavy atom. The van der Waals surface area contributed by atoms with Gasteiger partial charge >= 0.3 is 0 Å². The lowest BCUT2D eigenvalue weighted by Crippen LogP contribution is -2.36. The first-order chi connectivity index (χ1) is 16.0. The van der Waals surface area contributed by atoms with Crippen LogP contribution in [-0.2, 0) is 9.53 Å². The van der Waals surface area contributed by atoms with Crippen molar-refractivity contribution in [2.24, 2.45) is 0 Å². The van der Waals surface area contributed by atoms with E-state index < -0.39 is 5.91 Å². The fourth-order valence-electron chi connectivity index (χ4n) is 4.09. The van der Waals surface area contributed by atoms with E-state index in [4.69, 9.17) is 21.1 Å². The number of aromatic nitrogens is 1. The number of nitrogens with one attached hydrogen (secondary N) is 1. The molecule has 0 bridgehead atoms. The number of aliphatic hydroxyl groups is 1. The number of halogens is 1. The number of fused-ring (bicyclic) bond motifs is 1. The zero-order valence-corrected chi connectivity index (χ0v) is 18.7. The normalized spacial score (nSPS) is 16.9. The third-order valence-corrected chi connectivity index (χ3v) is 6.17. The molecule has 168 valence electrons. The maximum Gasteiger partial charge on any atom is 0.260 e. The van der Waals surface area contributed by atoms with Gasteiger partial charge in [0.05, 0.1) is 42.8 Å². The molecule has 0 unspecified atom stereocenters. The first-order valence-electron chi connectivity index (χ1n) is 10.6. The molecular weight excluding hydrogens is 442 g/mol. The topological polar surface area (TPSA) is 83.9 Å². The van der Waals surface area contributed by atoms with Crippen molar-refractivity contribution in [3.8, 4) is 16.9 Å². The zero-order valence-electron chi connectivity index (χ0n) is 18.0. The molecule has 2 aliphatic rings. The van der Waals surface area contributed by atoms with Crippen molar-refractivity contribution in [2.75, 3.05) is 43.6 Å². The monoisotopic (exact) mass is 463 g/mol. The number of anilines is 2. The number of amides is 1. The maximum atomic E-state index is 12.7. The average molecular weight is 464 g/mol. The molecule has 7 nitrogen and oxygen atoms in total. The van der Waals surface area contributed by atoms with Crippen molar-refractivity contribution in [2.45, 2.75) is 0 Å². The third kappa shape index (κ3) is 4.01. The number of nitrogens with zero attached hydrogens (tertiary/aromatic N) is 2. The van der Waals surface area contributed by atoms with Crippen molar-refractivity contribution < 1.29 is 19.4 Å². The van der Waals surface area contributed by atoms with Gasteiger partial charge in [-0.05, 0) is 42.0 Å².